The minimum absolute atomic E-state index is 0.433. The van der Waals surface area contributed by atoms with Crippen LogP contribution in [0.1, 0.15) is 44.9 Å². The maximum atomic E-state index is 13.6. The Morgan fingerprint density at radius 3 is 2.73 bits per heavy atom. The van der Waals surface area contributed by atoms with E-state index in [1.165, 1.54) is 31.7 Å². The van der Waals surface area contributed by atoms with Gasteiger partial charge < -0.3 is 5.32 Å². The Hall–Kier alpha value is -1.96. The van der Waals surface area contributed by atoms with E-state index in [9.17, 15) is 13.6 Å². The molecule has 3 rings (SSSR count). The van der Waals surface area contributed by atoms with Crippen molar-refractivity contribution in [1.82, 2.24) is 15.2 Å². The average Bonchev–Trinajstić information content (AvgIpc) is 3.28. The number of nitrogens with one attached hydrogen (secondary N) is 2. The number of aromatic nitrogens is 3. The van der Waals surface area contributed by atoms with Gasteiger partial charge in [-0.2, -0.15) is 0 Å². The zero-order valence-electron chi connectivity index (χ0n) is 14.6. The fourth-order valence-electron chi connectivity index (χ4n) is 3.14. The molecule has 1 aromatic heterocycles. The standard InChI is InChI=1S/C18H22F2N4OS/c1-11(17(25)22-16-13(19)7-4-8-14(16)20)26-18-21-15(23-24-18)10-9-12-5-2-3-6-12/h4,7-8,11-12H,2-3,5-6,9-10H2,1H3,(H,22,25)(H,21,23,24). The first-order valence-corrected chi connectivity index (χ1v) is 9.73. The number of rotatable bonds is 7. The van der Waals surface area contributed by atoms with Crippen molar-refractivity contribution >= 4 is 23.4 Å². The molecule has 2 N–H and O–H groups in total. The van der Waals surface area contributed by atoms with Crippen LogP contribution < -0.4 is 5.32 Å². The minimum Gasteiger partial charge on any atom is -0.320 e. The summed E-state index contributed by atoms with van der Waals surface area (Å²) in [6.45, 7) is 1.65. The number of benzene rings is 1. The molecule has 0 radical (unpaired) electrons. The minimum atomic E-state index is -0.803. The molecule has 1 aliphatic carbocycles. The number of amides is 1. The molecule has 0 saturated heterocycles. The first-order valence-electron chi connectivity index (χ1n) is 8.85. The van der Waals surface area contributed by atoms with Crippen molar-refractivity contribution in [2.45, 2.75) is 55.9 Å². The second-order valence-electron chi connectivity index (χ2n) is 6.60. The van der Waals surface area contributed by atoms with E-state index in [1.54, 1.807) is 6.92 Å². The molecule has 26 heavy (non-hydrogen) atoms. The average molecular weight is 380 g/mol. The molecular formula is C18H22F2N4OS. The topological polar surface area (TPSA) is 70.7 Å². The van der Waals surface area contributed by atoms with E-state index in [-0.39, 0.29) is 0 Å². The smallest absolute Gasteiger partial charge is 0.237 e. The fourth-order valence-corrected chi connectivity index (χ4v) is 3.88. The third-order valence-corrected chi connectivity index (χ3v) is 5.60. The number of thioether (sulfide) groups is 1. The van der Waals surface area contributed by atoms with Crippen LogP contribution in [-0.2, 0) is 11.2 Å². The van der Waals surface area contributed by atoms with Crippen molar-refractivity contribution in [2.75, 3.05) is 5.32 Å². The number of H-pyrrole nitrogens is 1. The van der Waals surface area contributed by atoms with Crippen molar-refractivity contribution in [3.05, 3.63) is 35.7 Å². The van der Waals surface area contributed by atoms with E-state index in [0.29, 0.717) is 5.16 Å². The highest BCUT2D eigenvalue weighted by Gasteiger charge is 2.21. The summed E-state index contributed by atoms with van der Waals surface area (Å²) in [5.41, 5.74) is -0.433. The van der Waals surface area contributed by atoms with Gasteiger partial charge in [0, 0.05) is 6.42 Å². The van der Waals surface area contributed by atoms with Gasteiger partial charge in [0.1, 0.15) is 23.1 Å². The number of aryl methyl sites for hydroxylation is 1. The number of hydrogen-bond donors (Lipinski definition) is 2. The highest BCUT2D eigenvalue weighted by Crippen LogP contribution is 2.29. The van der Waals surface area contributed by atoms with Gasteiger partial charge in [-0.15, -0.1) is 5.10 Å². The van der Waals surface area contributed by atoms with Gasteiger partial charge in [0.15, 0.2) is 0 Å². The number of para-hydroxylation sites is 1. The second kappa shape index (κ2) is 8.62. The molecule has 1 aromatic carbocycles. The van der Waals surface area contributed by atoms with E-state index in [0.717, 1.165) is 48.5 Å². The van der Waals surface area contributed by atoms with Crippen molar-refractivity contribution < 1.29 is 13.6 Å². The molecule has 8 heteroatoms. The molecule has 1 unspecified atom stereocenters. The monoisotopic (exact) mass is 380 g/mol. The lowest BCUT2D eigenvalue weighted by Gasteiger charge is -2.11. The van der Waals surface area contributed by atoms with E-state index >= 15 is 0 Å². The molecule has 1 aliphatic rings. The molecule has 1 saturated carbocycles. The number of aromatic amines is 1. The Labute approximate surface area is 155 Å². The van der Waals surface area contributed by atoms with Gasteiger partial charge in [0.2, 0.25) is 11.1 Å². The van der Waals surface area contributed by atoms with Crippen LogP contribution in [-0.4, -0.2) is 26.3 Å². The molecular weight excluding hydrogens is 358 g/mol. The maximum absolute atomic E-state index is 13.6. The molecule has 5 nitrogen and oxygen atoms in total. The molecule has 0 bridgehead atoms. The lowest BCUT2D eigenvalue weighted by atomic mass is 10.0. The van der Waals surface area contributed by atoms with Gasteiger partial charge >= 0.3 is 0 Å². The van der Waals surface area contributed by atoms with E-state index in [1.807, 2.05) is 0 Å². The predicted octanol–water partition coefficient (Wildman–Crippen LogP) is 4.33. The van der Waals surface area contributed by atoms with Crippen LogP contribution >= 0.6 is 11.8 Å². The Bertz CT molecular complexity index is 741. The Morgan fingerprint density at radius 2 is 2.04 bits per heavy atom. The first kappa shape index (κ1) is 18.8. The summed E-state index contributed by atoms with van der Waals surface area (Å²) >= 11 is 1.15. The molecule has 2 aromatic rings. The summed E-state index contributed by atoms with van der Waals surface area (Å²) in [7, 11) is 0. The summed E-state index contributed by atoms with van der Waals surface area (Å²) in [5, 5.41) is 9.20. The lowest BCUT2D eigenvalue weighted by molar-refractivity contribution is -0.115. The quantitative estimate of drug-likeness (QED) is 0.702. The highest BCUT2D eigenvalue weighted by molar-refractivity contribution is 8.00. The van der Waals surface area contributed by atoms with Crippen molar-refractivity contribution in [3.63, 3.8) is 0 Å². The van der Waals surface area contributed by atoms with Gasteiger partial charge in [0.25, 0.3) is 0 Å². The summed E-state index contributed by atoms with van der Waals surface area (Å²) in [6, 6.07) is 3.45. The Kier molecular flexibility index (Phi) is 6.24. The number of carbonyl (C=O) groups is 1. The summed E-state index contributed by atoms with van der Waals surface area (Å²) in [5.74, 6) is -0.523. The predicted molar refractivity (Wildman–Crippen MR) is 97.0 cm³/mol. The molecule has 1 fully saturated rings. The SMILES string of the molecule is CC(Sc1n[nH]c(CCC2CCCC2)n1)C(=O)Nc1c(F)cccc1F. The van der Waals surface area contributed by atoms with Gasteiger partial charge in [-0.3, -0.25) is 9.89 Å². The van der Waals surface area contributed by atoms with E-state index < -0.39 is 28.5 Å². The first-order chi connectivity index (χ1) is 12.5. The Morgan fingerprint density at radius 1 is 1.35 bits per heavy atom. The van der Waals surface area contributed by atoms with Crippen LogP contribution in [0.5, 0.6) is 0 Å². The molecule has 1 atom stereocenters. The second-order valence-corrected chi connectivity index (χ2v) is 7.91. The molecule has 0 aliphatic heterocycles. The van der Waals surface area contributed by atoms with Crippen molar-refractivity contribution in [3.8, 4) is 0 Å². The number of hydrogen-bond acceptors (Lipinski definition) is 4. The van der Waals surface area contributed by atoms with Gasteiger partial charge in [-0.25, -0.2) is 13.8 Å². The lowest BCUT2D eigenvalue weighted by Crippen LogP contribution is -2.23. The molecule has 140 valence electrons. The number of halogens is 2. The van der Waals surface area contributed by atoms with Gasteiger partial charge in [-0.05, 0) is 31.4 Å². The number of nitrogens with zero attached hydrogens (tertiary/aromatic N) is 2. The number of anilines is 1. The van der Waals surface area contributed by atoms with Gasteiger partial charge in [0.05, 0.1) is 5.25 Å². The fraction of sp³-hybridized carbons (Fsp3) is 0.500. The van der Waals surface area contributed by atoms with Gasteiger partial charge in [-0.1, -0.05) is 43.5 Å². The summed E-state index contributed by atoms with van der Waals surface area (Å²) in [4.78, 5) is 16.6. The van der Waals surface area contributed by atoms with E-state index in [2.05, 4.69) is 20.5 Å². The largest absolute Gasteiger partial charge is 0.320 e. The van der Waals surface area contributed by atoms with Crippen LogP contribution in [0.4, 0.5) is 14.5 Å². The third-order valence-electron chi connectivity index (χ3n) is 4.64. The third kappa shape index (κ3) is 4.81. The molecule has 0 spiro atoms. The van der Waals surface area contributed by atoms with E-state index in [4.69, 9.17) is 0 Å². The van der Waals surface area contributed by atoms with Crippen LogP contribution in [0.2, 0.25) is 0 Å². The number of carbonyl (C=O) groups excluding carboxylic acids is 1. The molecule has 1 heterocycles. The normalized spacial score (nSPS) is 16.0. The summed E-state index contributed by atoms with van der Waals surface area (Å²) in [6.07, 6.45) is 7.16. The van der Waals surface area contributed by atoms with Crippen LogP contribution in [0.3, 0.4) is 0 Å². The van der Waals surface area contributed by atoms with Crippen molar-refractivity contribution in [1.29, 1.82) is 0 Å². The maximum Gasteiger partial charge on any atom is 0.237 e. The Balaban J connectivity index is 1.52. The van der Waals surface area contributed by atoms with Crippen LogP contribution in [0, 0.1) is 17.6 Å². The van der Waals surface area contributed by atoms with Crippen LogP contribution in [0.25, 0.3) is 0 Å². The highest BCUT2D eigenvalue weighted by atomic mass is 32.2. The van der Waals surface area contributed by atoms with Crippen LogP contribution in [0.15, 0.2) is 23.4 Å². The zero-order chi connectivity index (χ0) is 18.5. The van der Waals surface area contributed by atoms with Crippen molar-refractivity contribution in [2.24, 2.45) is 5.92 Å². The molecule has 1 amide bonds. The summed E-state index contributed by atoms with van der Waals surface area (Å²) < 4.78 is 27.3. The zero-order valence-corrected chi connectivity index (χ0v) is 15.4.